The van der Waals surface area contributed by atoms with Crippen molar-refractivity contribution in [2.75, 3.05) is 11.1 Å². The molecule has 1 amide bonds. The summed E-state index contributed by atoms with van der Waals surface area (Å²) in [6, 6.07) is 24.0. The Bertz CT molecular complexity index is 1270. The molecule has 0 atom stereocenters. The highest BCUT2D eigenvalue weighted by atomic mass is 32.2. The number of hydrogen-bond donors (Lipinski definition) is 1. The number of nitrogens with zero attached hydrogens (tertiary/aromatic N) is 4. The van der Waals surface area contributed by atoms with Crippen LogP contribution in [0.1, 0.15) is 12.0 Å². The highest BCUT2D eigenvalue weighted by Crippen LogP contribution is 2.29. The van der Waals surface area contributed by atoms with Gasteiger partial charge in [-0.1, -0.05) is 71.9 Å². The summed E-state index contributed by atoms with van der Waals surface area (Å²) in [4.78, 5) is 23.0. The zero-order chi connectivity index (χ0) is 23.2. The molecule has 9 heteroatoms. The molecule has 0 radical (unpaired) electrons. The van der Waals surface area contributed by atoms with E-state index in [-0.39, 0.29) is 23.7 Å². The molecule has 0 aliphatic rings. The summed E-state index contributed by atoms with van der Waals surface area (Å²) in [6.45, 7) is 2.03. The number of aryl methyl sites for hydroxylation is 1. The summed E-state index contributed by atoms with van der Waals surface area (Å²) in [7, 11) is 0. The molecule has 0 bridgehead atoms. The second kappa shape index (κ2) is 10.1. The number of para-hydroxylation sites is 2. The molecule has 0 saturated carbocycles. The van der Waals surface area contributed by atoms with Crippen molar-refractivity contribution in [3.63, 3.8) is 0 Å². The first-order chi connectivity index (χ1) is 16.0. The maximum absolute atomic E-state index is 12.4. The van der Waals surface area contributed by atoms with Crippen molar-refractivity contribution in [1.29, 1.82) is 0 Å². The van der Waals surface area contributed by atoms with Crippen molar-refractivity contribution in [2.45, 2.75) is 18.5 Å². The normalized spacial score (nSPS) is 10.7. The van der Waals surface area contributed by atoms with Crippen molar-refractivity contribution >= 4 is 29.0 Å². The SMILES string of the molecule is Cc1ccc(-n2c(SCCC(=O)Nc3ccccc3[N+](=O)[O-])nnc2-c2ccccc2)cc1. The van der Waals surface area contributed by atoms with Crippen LogP contribution in [0.5, 0.6) is 0 Å². The fourth-order valence-corrected chi connectivity index (χ4v) is 4.14. The Morgan fingerprint density at radius 3 is 2.42 bits per heavy atom. The van der Waals surface area contributed by atoms with Gasteiger partial charge in [-0.2, -0.15) is 0 Å². The number of carbonyl (C=O) groups excluding carboxylic acids is 1. The fraction of sp³-hybridized carbons (Fsp3) is 0.125. The fourth-order valence-electron chi connectivity index (χ4n) is 3.25. The van der Waals surface area contributed by atoms with Gasteiger partial charge in [-0.3, -0.25) is 19.5 Å². The minimum atomic E-state index is -0.514. The van der Waals surface area contributed by atoms with Gasteiger partial charge in [0.25, 0.3) is 5.69 Å². The Labute approximate surface area is 194 Å². The number of benzene rings is 3. The molecule has 0 unspecified atom stereocenters. The number of nitro benzene ring substituents is 1. The Kier molecular flexibility index (Phi) is 6.80. The molecule has 166 valence electrons. The Balaban J connectivity index is 1.50. The number of anilines is 1. The first-order valence-corrected chi connectivity index (χ1v) is 11.3. The lowest BCUT2D eigenvalue weighted by atomic mass is 10.2. The minimum Gasteiger partial charge on any atom is -0.320 e. The first-order valence-electron chi connectivity index (χ1n) is 10.3. The third kappa shape index (κ3) is 5.27. The van der Waals surface area contributed by atoms with E-state index in [1.807, 2.05) is 66.1 Å². The summed E-state index contributed by atoms with van der Waals surface area (Å²) in [5.74, 6) is 0.846. The molecule has 4 rings (SSSR count). The predicted octanol–water partition coefficient (Wildman–Crippen LogP) is 5.27. The van der Waals surface area contributed by atoms with E-state index < -0.39 is 4.92 Å². The molecule has 33 heavy (non-hydrogen) atoms. The first kappa shape index (κ1) is 22.2. The molecule has 3 aromatic carbocycles. The molecule has 4 aromatic rings. The van der Waals surface area contributed by atoms with Gasteiger partial charge in [0.05, 0.1) is 4.92 Å². The van der Waals surface area contributed by atoms with Crippen LogP contribution in [-0.4, -0.2) is 31.3 Å². The van der Waals surface area contributed by atoms with E-state index in [0.29, 0.717) is 16.7 Å². The lowest BCUT2D eigenvalue weighted by molar-refractivity contribution is -0.383. The summed E-state index contributed by atoms with van der Waals surface area (Å²) >= 11 is 1.41. The summed E-state index contributed by atoms with van der Waals surface area (Å²) < 4.78 is 1.97. The second-order valence-electron chi connectivity index (χ2n) is 7.26. The van der Waals surface area contributed by atoms with Crippen LogP contribution in [0.4, 0.5) is 11.4 Å². The quantitative estimate of drug-likeness (QED) is 0.219. The van der Waals surface area contributed by atoms with Gasteiger partial charge in [-0.05, 0) is 25.1 Å². The van der Waals surface area contributed by atoms with Crippen molar-refractivity contribution in [1.82, 2.24) is 14.8 Å². The Hall–Kier alpha value is -3.98. The van der Waals surface area contributed by atoms with Gasteiger partial charge >= 0.3 is 0 Å². The van der Waals surface area contributed by atoms with E-state index in [9.17, 15) is 14.9 Å². The number of rotatable bonds is 8. The topological polar surface area (TPSA) is 103 Å². The lowest BCUT2D eigenvalue weighted by Crippen LogP contribution is -2.13. The summed E-state index contributed by atoms with van der Waals surface area (Å²) in [6.07, 6.45) is 0.165. The van der Waals surface area contributed by atoms with E-state index in [0.717, 1.165) is 16.8 Å². The summed E-state index contributed by atoms with van der Waals surface area (Å²) in [5.41, 5.74) is 3.06. The average Bonchev–Trinajstić information content (AvgIpc) is 3.24. The average molecular weight is 460 g/mol. The second-order valence-corrected chi connectivity index (χ2v) is 8.33. The van der Waals surface area contributed by atoms with E-state index >= 15 is 0 Å². The van der Waals surface area contributed by atoms with E-state index in [2.05, 4.69) is 15.5 Å². The maximum atomic E-state index is 12.4. The summed E-state index contributed by atoms with van der Waals surface area (Å²) in [5, 5.41) is 23.2. The molecule has 0 aliphatic carbocycles. The molecule has 0 fully saturated rings. The van der Waals surface area contributed by atoms with Crippen molar-refractivity contribution in [2.24, 2.45) is 0 Å². The zero-order valence-corrected chi connectivity index (χ0v) is 18.7. The van der Waals surface area contributed by atoms with Gasteiger partial charge < -0.3 is 5.32 Å². The number of hydrogen-bond acceptors (Lipinski definition) is 6. The van der Waals surface area contributed by atoms with Crippen LogP contribution < -0.4 is 5.32 Å². The third-order valence-corrected chi connectivity index (χ3v) is 5.82. The number of carbonyl (C=O) groups is 1. The third-order valence-electron chi connectivity index (χ3n) is 4.89. The van der Waals surface area contributed by atoms with Crippen LogP contribution in [0.2, 0.25) is 0 Å². The van der Waals surface area contributed by atoms with Gasteiger partial charge in [0, 0.05) is 29.5 Å². The van der Waals surface area contributed by atoms with Crippen LogP contribution in [0.25, 0.3) is 17.1 Å². The van der Waals surface area contributed by atoms with Gasteiger partial charge in [-0.25, -0.2) is 0 Å². The molecule has 8 nitrogen and oxygen atoms in total. The molecule has 0 spiro atoms. The maximum Gasteiger partial charge on any atom is 0.292 e. The Morgan fingerprint density at radius 2 is 1.70 bits per heavy atom. The standard InChI is InChI=1S/C24H21N5O3S/c1-17-11-13-19(14-12-17)28-23(18-7-3-2-4-8-18)26-27-24(28)33-16-15-22(30)25-20-9-5-6-10-21(20)29(31)32/h2-14H,15-16H2,1H3,(H,25,30). The molecule has 1 heterocycles. The van der Waals surface area contributed by atoms with Gasteiger partial charge in [0.1, 0.15) is 5.69 Å². The van der Waals surface area contributed by atoms with Crippen LogP contribution >= 0.6 is 11.8 Å². The van der Waals surface area contributed by atoms with E-state index in [4.69, 9.17) is 0 Å². The number of nitrogens with one attached hydrogen (secondary N) is 1. The van der Waals surface area contributed by atoms with Gasteiger partial charge in [0.15, 0.2) is 11.0 Å². The highest BCUT2D eigenvalue weighted by molar-refractivity contribution is 7.99. The number of aromatic nitrogens is 3. The molecule has 1 aromatic heterocycles. The van der Waals surface area contributed by atoms with Gasteiger partial charge in [0.2, 0.25) is 5.91 Å². The smallest absolute Gasteiger partial charge is 0.292 e. The van der Waals surface area contributed by atoms with Crippen LogP contribution in [0, 0.1) is 17.0 Å². The molecule has 0 saturated heterocycles. The largest absolute Gasteiger partial charge is 0.320 e. The monoisotopic (exact) mass is 459 g/mol. The van der Waals surface area contributed by atoms with Gasteiger partial charge in [-0.15, -0.1) is 10.2 Å². The molecule has 0 aliphatic heterocycles. The van der Waals surface area contributed by atoms with E-state index in [1.165, 1.54) is 23.9 Å². The number of nitro groups is 1. The highest BCUT2D eigenvalue weighted by Gasteiger charge is 2.18. The van der Waals surface area contributed by atoms with Crippen LogP contribution in [0.3, 0.4) is 0 Å². The van der Waals surface area contributed by atoms with Crippen LogP contribution in [0.15, 0.2) is 84.0 Å². The minimum absolute atomic E-state index is 0.134. The van der Waals surface area contributed by atoms with E-state index in [1.54, 1.807) is 12.1 Å². The molecule has 1 N–H and O–H groups in total. The number of thioether (sulfide) groups is 1. The Morgan fingerprint density at radius 1 is 1.00 bits per heavy atom. The number of amides is 1. The molecular weight excluding hydrogens is 438 g/mol. The predicted molar refractivity (Wildman–Crippen MR) is 129 cm³/mol. The zero-order valence-electron chi connectivity index (χ0n) is 17.8. The molecular formula is C24H21N5O3S. The van der Waals surface area contributed by atoms with Crippen molar-refractivity contribution in [3.05, 3.63) is 94.5 Å². The van der Waals surface area contributed by atoms with Crippen molar-refractivity contribution < 1.29 is 9.72 Å². The lowest BCUT2D eigenvalue weighted by Gasteiger charge is -2.11. The van der Waals surface area contributed by atoms with Crippen LogP contribution in [-0.2, 0) is 4.79 Å². The van der Waals surface area contributed by atoms with Crippen molar-refractivity contribution in [3.8, 4) is 17.1 Å².